The molecule has 0 unspecified atom stereocenters. The van der Waals surface area contributed by atoms with Crippen LogP contribution in [-0.2, 0) is 23.8 Å². The minimum absolute atomic E-state index is 0.0421. The van der Waals surface area contributed by atoms with Crippen LogP contribution in [0.4, 0.5) is 4.79 Å². The zero-order valence-corrected chi connectivity index (χ0v) is 12.9. The molecule has 0 rings (SSSR count). The summed E-state index contributed by atoms with van der Waals surface area (Å²) < 4.78 is 14.6. The van der Waals surface area contributed by atoms with Crippen molar-refractivity contribution >= 4 is 18.0 Å². The lowest BCUT2D eigenvalue weighted by Crippen LogP contribution is -2.46. The van der Waals surface area contributed by atoms with Crippen LogP contribution >= 0.6 is 0 Å². The van der Waals surface area contributed by atoms with Crippen LogP contribution in [0.5, 0.6) is 0 Å². The maximum atomic E-state index is 11.6. The van der Waals surface area contributed by atoms with Crippen molar-refractivity contribution in [2.75, 3.05) is 20.3 Å². The van der Waals surface area contributed by atoms with Gasteiger partial charge in [0.25, 0.3) is 0 Å². The lowest BCUT2D eigenvalue weighted by atomic mass is 10.1. The number of methoxy groups -OCH3 is 1. The maximum Gasteiger partial charge on any atom is 0.408 e. The number of carbonyl (C=O) groups is 3. The van der Waals surface area contributed by atoms with Gasteiger partial charge in [-0.3, -0.25) is 9.59 Å². The van der Waals surface area contributed by atoms with Gasteiger partial charge < -0.3 is 25.3 Å². The second-order valence-electron chi connectivity index (χ2n) is 5.35. The minimum atomic E-state index is -0.991. The maximum absolute atomic E-state index is 11.6. The molecule has 0 aliphatic carbocycles. The number of amides is 2. The van der Waals surface area contributed by atoms with Crippen LogP contribution in [0.1, 0.15) is 33.6 Å². The van der Waals surface area contributed by atoms with E-state index >= 15 is 0 Å². The third-order valence-electron chi connectivity index (χ3n) is 2.22. The lowest BCUT2D eigenvalue weighted by Gasteiger charge is -2.22. The summed E-state index contributed by atoms with van der Waals surface area (Å²) in [7, 11) is 1.49. The Morgan fingerprint density at radius 1 is 1.19 bits per heavy atom. The van der Waals surface area contributed by atoms with Crippen molar-refractivity contribution in [3.8, 4) is 0 Å². The Morgan fingerprint density at radius 2 is 1.81 bits per heavy atom. The number of hydrogen-bond acceptors (Lipinski definition) is 6. The van der Waals surface area contributed by atoms with E-state index in [2.05, 4.69) is 5.32 Å². The van der Waals surface area contributed by atoms with Gasteiger partial charge in [-0.05, 0) is 27.2 Å². The summed E-state index contributed by atoms with van der Waals surface area (Å²) in [5, 5.41) is 2.33. The minimum Gasteiger partial charge on any atom is -0.463 e. The molecule has 8 nitrogen and oxygen atoms in total. The van der Waals surface area contributed by atoms with Crippen LogP contribution in [0, 0.1) is 0 Å². The molecule has 0 spiro atoms. The second kappa shape index (κ2) is 9.17. The first-order chi connectivity index (χ1) is 9.65. The van der Waals surface area contributed by atoms with Crippen molar-refractivity contribution in [2.45, 2.75) is 45.3 Å². The molecule has 0 saturated carbocycles. The average Bonchev–Trinajstić information content (AvgIpc) is 2.32. The number of nitrogens with two attached hydrogens (primary N) is 1. The molecule has 0 aromatic carbocycles. The molecular formula is C13H24N2O6. The molecule has 0 fully saturated rings. The van der Waals surface area contributed by atoms with Gasteiger partial charge in [-0.25, -0.2) is 4.79 Å². The molecule has 21 heavy (non-hydrogen) atoms. The van der Waals surface area contributed by atoms with Gasteiger partial charge in [-0.1, -0.05) is 0 Å². The van der Waals surface area contributed by atoms with E-state index in [0.717, 1.165) is 0 Å². The predicted molar refractivity (Wildman–Crippen MR) is 74.4 cm³/mol. The smallest absolute Gasteiger partial charge is 0.408 e. The van der Waals surface area contributed by atoms with Crippen molar-refractivity contribution in [3.63, 3.8) is 0 Å². The molecular weight excluding hydrogens is 280 g/mol. The third kappa shape index (κ3) is 10.6. The molecule has 2 amide bonds. The largest absolute Gasteiger partial charge is 0.463 e. The van der Waals surface area contributed by atoms with Gasteiger partial charge in [0, 0.05) is 13.5 Å². The van der Waals surface area contributed by atoms with E-state index in [1.165, 1.54) is 7.11 Å². The zero-order valence-electron chi connectivity index (χ0n) is 12.9. The monoisotopic (exact) mass is 304 g/mol. The normalized spacial score (nSPS) is 12.4. The third-order valence-corrected chi connectivity index (χ3v) is 2.22. The molecule has 0 heterocycles. The standard InChI is InChI=1S/C13H24N2O6/c1-13(2,3)21-12(18)15-9(11(14)17)5-6-10(16)20-8-7-19-4/h9H,5-8H2,1-4H3,(H2,14,17)(H,15,18)/t9-/m1/s1. The van der Waals surface area contributed by atoms with E-state index in [4.69, 9.17) is 19.9 Å². The van der Waals surface area contributed by atoms with Crippen LogP contribution in [0.3, 0.4) is 0 Å². The number of ether oxygens (including phenoxy) is 3. The first kappa shape index (κ1) is 19.2. The molecule has 8 heteroatoms. The molecule has 0 aromatic heterocycles. The Kier molecular flexibility index (Phi) is 8.37. The summed E-state index contributed by atoms with van der Waals surface area (Å²) in [6.45, 7) is 5.51. The van der Waals surface area contributed by atoms with Crippen LogP contribution in [0.2, 0.25) is 0 Å². The van der Waals surface area contributed by atoms with Gasteiger partial charge >= 0.3 is 12.1 Å². The zero-order chi connectivity index (χ0) is 16.5. The van der Waals surface area contributed by atoms with Gasteiger partial charge in [0.2, 0.25) is 5.91 Å². The highest BCUT2D eigenvalue weighted by Crippen LogP contribution is 2.07. The highest BCUT2D eigenvalue weighted by molar-refractivity contribution is 5.84. The van der Waals surface area contributed by atoms with Gasteiger partial charge in [0.1, 0.15) is 18.2 Å². The number of carbonyl (C=O) groups excluding carboxylic acids is 3. The number of hydrogen-bond donors (Lipinski definition) is 2. The molecule has 0 bridgehead atoms. The fourth-order valence-electron chi connectivity index (χ4n) is 1.31. The molecule has 122 valence electrons. The predicted octanol–water partition coefficient (Wildman–Crippen LogP) is 0.335. The van der Waals surface area contributed by atoms with Crippen LogP contribution < -0.4 is 11.1 Å². The van der Waals surface area contributed by atoms with E-state index in [9.17, 15) is 14.4 Å². The van der Waals surface area contributed by atoms with E-state index in [0.29, 0.717) is 6.61 Å². The fraction of sp³-hybridized carbons (Fsp3) is 0.769. The highest BCUT2D eigenvalue weighted by Gasteiger charge is 2.23. The van der Waals surface area contributed by atoms with Gasteiger partial charge in [0.05, 0.1) is 6.61 Å². The SMILES string of the molecule is COCCOC(=O)CC[C@@H](NC(=O)OC(C)(C)C)C(N)=O. The molecule has 0 aliphatic rings. The molecule has 1 atom stereocenters. The number of alkyl carbamates (subject to hydrolysis) is 1. The van der Waals surface area contributed by atoms with Gasteiger partial charge in [-0.15, -0.1) is 0 Å². The summed E-state index contributed by atoms with van der Waals surface area (Å²) in [6.07, 6.45) is -0.771. The molecule has 3 N–H and O–H groups in total. The Bertz CT molecular complexity index is 364. The summed E-state index contributed by atoms with van der Waals surface area (Å²) >= 11 is 0. The summed E-state index contributed by atoms with van der Waals surface area (Å²) in [5.74, 6) is -1.24. The Labute approximate surface area is 124 Å². The summed E-state index contributed by atoms with van der Waals surface area (Å²) in [6, 6.07) is -0.991. The van der Waals surface area contributed by atoms with E-state index in [1.807, 2.05) is 0 Å². The number of primary amides is 1. The topological polar surface area (TPSA) is 117 Å². The van der Waals surface area contributed by atoms with E-state index in [1.54, 1.807) is 20.8 Å². The van der Waals surface area contributed by atoms with Crippen LogP contribution in [-0.4, -0.2) is 49.9 Å². The van der Waals surface area contributed by atoms with E-state index < -0.39 is 29.6 Å². The van der Waals surface area contributed by atoms with Crippen molar-refractivity contribution in [2.24, 2.45) is 5.73 Å². The quantitative estimate of drug-likeness (QED) is 0.493. The number of esters is 1. The Morgan fingerprint density at radius 3 is 2.29 bits per heavy atom. The Hall–Kier alpha value is -1.83. The van der Waals surface area contributed by atoms with Gasteiger partial charge in [-0.2, -0.15) is 0 Å². The van der Waals surface area contributed by atoms with Crippen molar-refractivity contribution in [1.29, 1.82) is 0 Å². The fourth-order valence-corrected chi connectivity index (χ4v) is 1.31. The van der Waals surface area contributed by atoms with Crippen molar-refractivity contribution in [1.82, 2.24) is 5.32 Å². The first-order valence-electron chi connectivity index (χ1n) is 6.59. The number of nitrogens with one attached hydrogen (secondary N) is 1. The highest BCUT2D eigenvalue weighted by atomic mass is 16.6. The molecule has 0 radical (unpaired) electrons. The van der Waals surface area contributed by atoms with Crippen LogP contribution in [0.15, 0.2) is 0 Å². The average molecular weight is 304 g/mol. The van der Waals surface area contributed by atoms with Crippen molar-refractivity contribution in [3.05, 3.63) is 0 Å². The van der Waals surface area contributed by atoms with Crippen LogP contribution in [0.25, 0.3) is 0 Å². The summed E-state index contributed by atoms with van der Waals surface area (Å²) in [5.41, 5.74) is 4.49. The van der Waals surface area contributed by atoms with Crippen molar-refractivity contribution < 1.29 is 28.6 Å². The van der Waals surface area contributed by atoms with Gasteiger partial charge in [0.15, 0.2) is 0 Å². The summed E-state index contributed by atoms with van der Waals surface area (Å²) in [4.78, 5) is 34.2. The Balaban J connectivity index is 4.23. The second-order valence-corrected chi connectivity index (χ2v) is 5.35. The number of rotatable bonds is 8. The molecule has 0 saturated heterocycles. The first-order valence-corrected chi connectivity index (χ1v) is 6.59. The lowest BCUT2D eigenvalue weighted by molar-refractivity contribution is -0.145. The molecule has 0 aromatic rings. The molecule has 0 aliphatic heterocycles. The van der Waals surface area contributed by atoms with E-state index in [-0.39, 0.29) is 19.4 Å².